The first kappa shape index (κ1) is 9.90. The largest absolute Gasteiger partial charge is 0.358 e. The summed E-state index contributed by atoms with van der Waals surface area (Å²) in [5, 5.41) is 0.421. The molecule has 0 aliphatic rings. The maximum atomic E-state index is 13.1. The number of aryl methyl sites for hydroxylation is 2. The molecule has 1 aromatic heterocycles. The van der Waals surface area contributed by atoms with Crippen molar-refractivity contribution in [3.05, 3.63) is 45.5 Å². The molecule has 78 valence electrons. The van der Waals surface area contributed by atoms with Crippen LogP contribution in [-0.4, -0.2) is 4.98 Å². The molecule has 2 aromatic rings. The lowest BCUT2D eigenvalue weighted by molar-refractivity contribution is 0.628. The van der Waals surface area contributed by atoms with Crippen LogP contribution in [0.2, 0.25) is 0 Å². The van der Waals surface area contributed by atoms with E-state index in [0.717, 1.165) is 23.2 Å². The normalized spacial score (nSPS) is 10.9. The minimum Gasteiger partial charge on any atom is -0.358 e. The maximum Gasteiger partial charge on any atom is 0.189 e. The van der Waals surface area contributed by atoms with Crippen molar-refractivity contribution in [1.82, 2.24) is 4.98 Å². The molecule has 0 atom stereocenters. The molecule has 3 heteroatoms. The van der Waals surface area contributed by atoms with Gasteiger partial charge in [-0.15, -0.1) is 0 Å². The lowest BCUT2D eigenvalue weighted by atomic mass is 10.1. The SMILES string of the molecule is CCc1cc(=O)c2cc(F)cc(C)c2[nH]1. The third-order valence-electron chi connectivity index (χ3n) is 2.54. The molecule has 0 amide bonds. The molecule has 0 radical (unpaired) electrons. The summed E-state index contributed by atoms with van der Waals surface area (Å²) in [7, 11) is 0. The standard InChI is InChI=1S/C12H12FNO/c1-3-9-6-11(15)10-5-8(13)4-7(2)12(10)14-9/h4-6H,3H2,1-2H3,(H,14,15). The number of H-pyrrole nitrogens is 1. The number of benzene rings is 1. The van der Waals surface area contributed by atoms with Crippen LogP contribution in [0, 0.1) is 12.7 Å². The zero-order valence-electron chi connectivity index (χ0n) is 8.73. The fourth-order valence-electron chi connectivity index (χ4n) is 1.73. The zero-order chi connectivity index (χ0) is 11.0. The number of pyridine rings is 1. The molecule has 0 spiro atoms. The molecule has 2 rings (SSSR count). The second kappa shape index (κ2) is 3.50. The summed E-state index contributed by atoms with van der Waals surface area (Å²) < 4.78 is 13.1. The predicted octanol–water partition coefficient (Wildman–Crippen LogP) is 2.54. The first-order chi connectivity index (χ1) is 7.11. The van der Waals surface area contributed by atoms with Crippen molar-refractivity contribution in [1.29, 1.82) is 0 Å². The number of hydrogen-bond acceptors (Lipinski definition) is 1. The maximum absolute atomic E-state index is 13.1. The molecule has 0 saturated heterocycles. The minimum absolute atomic E-state index is 0.122. The summed E-state index contributed by atoms with van der Waals surface area (Å²) in [5.74, 6) is -0.366. The summed E-state index contributed by atoms with van der Waals surface area (Å²) in [5.41, 5.74) is 2.25. The molecule has 1 N–H and O–H groups in total. The van der Waals surface area contributed by atoms with Crippen LogP contribution in [-0.2, 0) is 6.42 Å². The Labute approximate surface area is 86.8 Å². The number of rotatable bonds is 1. The van der Waals surface area contributed by atoms with Crippen molar-refractivity contribution in [2.45, 2.75) is 20.3 Å². The van der Waals surface area contributed by atoms with Crippen LogP contribution >= 0.6 is 0 Å². The van der Waals surface area contributed by atoms with Crippen molar-refractivity contribution in [3.63, 3.8) is 0 Å². The van der Waals surface area contributed by atoms with Gasteiger partial charge in [-0.1, -0.05) is 6.92 Å². The van der Waals surface area contributed by atoms with Crippen LogP contribution in [0.5, 0.6) is 0 Å². The van der Waals surface area contributed by atoms with E-state index in [2.05, 4.69) is 4.98 Å². The van der Waals surface area contributed by atoms with Gasteiger partial charge in [0.1, 0.15) is 5.82 Å². The summed E-state index contributed by atoms with van der Waals surface area (Å²) >= 11 is 0. The summed E-state index contributed by atoms with van der Waals surface area (Å²) in [6, 6.07) is 4.24. The van der Waals surface area contributed by atoms with Gasteiger partial charge < -0.3 is 4.98 Å². The van der Waals surface area contributed by atoms with E-state index in [1.54, 1.807) is 6.92 Å². The Hall–Kier alpha value is -1.64. The van der Waals surface area contributed by atoms with Gasteiger partial charge >= 0.3 is 0 Å². The van der Waals surface area contributed by atoms with E-state index in [9.17, 15) is 9.18 Å². The number of aromatic amines is 1. The fraction of sp³-hybridized carbons (Fsp3) is 0.250. The second-order valence-electron chi connectivity index (χ2n) is 3.66. The smallest absolute Gasteiger partial charge is 0.189 e. The number of hydrogen-bond donors (Lipinski definition) is 1. The van der Waals surface area contributed by atoms with Gasteiger partial charge in [0, 0.05) is 17.1 Å². The van der Waals surface area contributed by atoms with Crippen LogP contribution in [0.1, 0.15) is 18.2 Å². The third kappa shape index (κ3) is 1.65. The first-order valence-corrected chi connectivity index (χ1v) is 4.94. The highest BCUT2D eigenvalue weighted by Gasteiger charge is 2.05. The second-order valence-corrected chi connectivity index (χ2v) is 3.66. The quantitative estimate of drug-likeness (QED) is 0.762. The lowest BCUT2D eigenvalue weighted by Gasteiger charge is -2.05. The highest BCUT2D eigenvalue weighted by atomic mass is 19.1. The van der Waals surface area contributed by atoms with E-state index < -0.39 is 0 Å². The van der Waals surface area contributed by atoms with Gasteiger partial charge in [-0.25, -0.2) is 4.39 Å². The molecular weight excluding hydrogens is 193 g/mol. The van der Waals surface area contributed by atoms with Crippen LogP contribution in [0.3, 0.4) is 0 Å². The van der Waals surface area contributed by atoms with Gasteiger partial charge in [0.05, 0.1) is 5.52 Å². The van der Waals surface area contributed by atoms with Gasteiger partial charge in [-0.2, -0.15) is 0 Å². The Morgan fingerprint density at radius 1 is 1.33 bits per heavy atom. The number of aromatic nitrogens is 1. The Morgan fingerprint density at radius 2 is 2.07 bits per heavy atom. The molecular formula is C12H12FNO. The average Bonchev–Trinajstić information content (AvgIpc) is 2.19. The summed E-state index contributed by atoms with van der Waals surface area (Å²) in [4.78, 5) is 14.8. The van der Waals surface area contributed by atoms with Crippen molar-refractivity contribution >= 4 is 10.9 Å². The highest BCUT2D eigenvalue weighted by molar-refractivity contribution is 5.81. The molecule has 0 saturated carbocycles. The van der Waals surface area contributed by atoms with Gasteiger partial charge in [-0.05, 0) is 31.0 Å². The molecule has 1 aromatic carbocycles. The van der Waals surface area contributed by atoms with Crippen molar-refractivity contribution in [2.75, 3.05) is 0 Å². The average molecular weight is 205 g/mol. The molecule has 2 nitrogen and oxygen atoms in total. The molecule has 0 aliphatic heterocycles. The van der Waals surface area contributed by atoms with Crippen molar-refractivity contribution in [3.8, 4) is 0 Å². The fourth-order valence-corrected chi connectivity index (χ4v) is 1.73. The predicted molar refractivity (Wildman–Crippen MR) is 58.6 cm³/mol. The van der Waals surface area contributed by atoms with Gasteiger partial charge in [0.15, 0.2) is 5.43 Å². The molecule has 0 aliphatic carbocycles. The number of nitrogens with one attached hydrogen (secondary N) is 1. The number of halogens is 1. The monoisotopic (exact) mass is 205 g/mol. The topological polar surface area (TPSA) is 32.9 Å². The summed E-state index contributed by atoms with van der Waals surface area (Å²) in [6.45, 7) is 3.76. The molecule has 0 fully saturated rings. The Morgan fingerprint density at radius 3 is 2.73 bits per heavy atom. The third-order valence-corrected chi connectivity index (χ3v) is 2.54. The van der Waals surface area contributed by atoms with Crippen LogP contribution in [0.4, 0.5) is 4.39 Å². The van der Waals surface area contributed by atoms with Crippen LogP contribution in [0.15, 0.2) is 23.0 Å². The number of fused-ring (bicyclic) bond motifs is 1. The highest BCUT2D eigenvalue weighted by Crippen LogP contribution is 2.15. The Kier molecular flexibility index (Phi) is 2.31. The van der Waals surface area contributed by atoms with E-state index >= 15 is 0 Å². The minimum atomic E-state index is -0.366. The molecule has 0 bridgehead atoms. The summed E-state index contributed by atoms with van der Waals surface area (Å²) in [6.07, 6.45) is 0.766. The Bertz CT molecular complexity index is 572. The lowest BCUT2D eigenvalue weighted by Crippen LogP contribution is -2.06. The van der Waals surface area contributed by atoms with Crippen LogP contribution < -0.4 is 5.43 Å². The van der Waals surface area contributed by atoms with E-state index in [0.29, 0.717) is 5.39 Å². The molecule has 15 heavy (non-hydrogen) atoms. The first-order valence-electron chi connectivity index (χ1n) is 4.94. The van der Waals surface area contributed by atoms with Crippen molar-refractivity contribution < 1.29 is 4.39 Å². The van der Waals surface area contributed by atoms with E-state index in [4.69, 9.17) is 0 Å². The van der Waals surface area contributed by atoms with E-state index in [1.807, 2.05) is 6.92 Å². The molecule has 1 heterocycles. The van der Waals surface area contributed by atoms with Crippen LogP contribution in [0.25, 0.3) is 10.9 Å². The Balaban J connectivity index is 2.91. The van der Waals surface area contributed by atoms with Crippen molar-refractivity contribution in [2.24, 2.45) is 0 Å². The van der Waals surface area contributed by atoms with Gasteiger partial charge in [0.25, 0.3) is 0 Å². The van der Waals surface area contributed by atoms with E-state index in [1.165, 1.54) is 18.2 Å². The van der Waals surface area contributed by atoms with E-state index in [-0.39, 0.29) is 11.2 Å². The molecule has 0 unspecified atom stereocenters. The van der Waals surface area contributed by atoms with Gasteiger partial charge in [0.2, 0.25) is 0 Å². The zero-order valence-corrected chi connectivity index (χ0v) is 8.73. The van der Waals surface area contributed by atoms with Gasteiger partial charge in [-0.3, -0.25) is 4.79 Å².